The average molecular weight is 168 g/mol. The van der Waals surface area contributed by atoms with Crippen molar-refractivity contribution in [1.82, 2.24) is 0 Å². The van der Waals surface area contributed by atoms with Crippen molar-refractivity contribution >= 4 is 10.9 Å². The monoisotopic (exact) mass is 168 g/mol. The Morgan fingerprint density at radius 2 is 1.77 bits per heavy atom. The number of para-hydroxylation sites is 1. The van der Waals surface area contributed by atoms with E-state index < -0.39 is 0 Å². The molecule has 1 aromatic heterocycles. The van der Waals surface area contributed by atoms with Crippen molar-refractivity contribution in [3.8, 4) is 0 Å². The van der Waals surface area contributed by atoms with Crippen LogP contribution in [0.25, 0.3) is 10.9 Å². The van der Waals surface area contributed by atoms with Crippen LogP contribution in [0.2, 0.25) is 0 Å². The van der Waals surface area contributed by atoms with Gasteiger partial charge in [0, 0.05) is 17.0 Å². The van der Waals surface area contributed by atoms with E-state index in [4.69, 9.17) is 0 Å². The number of aromatic nitrogens is 1. The third-order valence-corrected chi connectivity index (χ3v) is 1.90. The first-order chi connectivity index (χ1) is 5.38. The molecule has 0 aliphatic carbocycles. The molecule has 0 aliphatic rings. The number of nitrogens with one attached hydrogen (secondary N) is 1. The molecule has 2 N–H and O–H groups in total. The summed E-state index contributed by atoms with van der Waals surface area (Å²) in [5, 5.41) is 1.27. The number of benzene rings is 1. The molecule has 0 atom stereocenters. The first-order valence-corrected chi connectivity index (χ1v) is 3.74. The van der Waals surface area contributed by atoms with Crippen LogP contribution in [0.4, 0.5) is 0 Å². The molecule has 2 nitrogen and oxygen atoms in total. The van der Waals surface area contributed by atoms with Crippen molar-refractivity contribution < 1.29 is 29.3 Å². The van der Waals surface area contributed by atoms with E-state index in [1.165, 1.54) is 16.5 Å². The Morgan fingerprint density at radius 1 is 1.08 bits per heavy atom. The van der Waals surface area contributed by atoms with Crippen LogP contribution in [0.5, 0.6) is 0 Å². The third-order valence-electron chi connectivity index (χ3n) is 1.90. The summed E-state index contributed by atoms with van der Waals surface area (Å²) in [6, 6.07) is 10.4. The topological polar surface area (TPSA) is 44.1 Å². The zero-order chi connectivity index (χ0) is 7.68. The number of H-pyrrole nitrogens is 1. The van der Waals surface area contributed by atoms with Crippen molar-refractivity contribution in [3.63, 3.8) is 0 Å². The van der Waals surface area contributed by atoms with Crippen LogP contribution in [0.1, 0.15) is 5.56 Å². The van der Waals surface area contributed by atoms with Crippen molar-refractivity contribution in [2.75, 3.05) is 0 Å². The Balaban J connectivity index is 0.000000720. The maximum atomic E-state index is 3.22. The van der Waals surface area contributed by atoms with Gasteiger partial charge < -0.3 is 5.48 Å². The van der Waals surface area contributed by atoms with E-state index in [1.54, 1.807) is 0 Å². The molecule has 1 aromatic carbocycles. The number of rotatable bonds is 0. The molecular weight excluding hydrogens is 157 g/mol. The Hall–Kier alpha value is -0.813. The van der Waals surface area contributed by atoms with Crippen molar-refractivity contribution in [3.05, 3.63) is 42.1 Å². The fraction of sp³-hybridized carbons (Fsp3) is 0.100. The van der Waals surface area contributed by atoms with E-state index >= 15 is 0 Å². The van der Waals surface area contributed by atoms with Crippen molar-refractivity contribution in [2.24, 2.45) is 0 Å². The number of aromatic amines is 1. The molecule has 2 rings (SSSR count). The second kappa shape index (κ2) is 5.03. The zero-order valence-electron chi connectivity index (χ0n) is 7.91. The molecule has 0 bridgehead atoms. The minimum atomic E-state index is 0. The molecule has 0 spiro atoms. The van der Waals surface area contributed by atoms with Gasteiger partial charge in [-0.3, -0.25) is 0 Å². The fourth-order valence-electron chi connectivity index (χ4n) is 1.31. The van der Waals surface area contributed by atoms with Crippen LogP contribution in [-0.4, -0.2) is 5.48 Å². The van der Waals surface area contributed by atoms with Crippen molar-refractivity contribution in [2.45, 2.75) is 6.92 Å². The van der Waals surface area contributed by atoms with Gasteiger partial charge in [-0.2, -0.15) is 0 Å². The van der Waals surface area contributed by atoms with Gasteiger partial charge in [0.05, 0.1) is 0 Å². The minimum Gasteiger partial charge on any atom is -0.870 e. The molecule has 0 radical (unpaired) electrons. The first-order valence-electron chi connectivity index (χ1n) is 3.74. The van der Waals surface area contributed by atoms with Crippen molar-refractivity contribution in [1.29, 1.82) is 0 Å². The summed E-state index contributed by atoms with van der Waals surface area (Å²) in [5.74, 6) is 0. The maximum absolute atomic E-state index is 3.22. The van der Waals surface area contributed by atoms with E-state index in [2.05, 4.69) is 36.2 Å². The molecule has 13 heavy (non-hydrogen) atoms. The van der Waals surface area contributed by atoms with Gasteiger partial charge in [0.2, 0.25) is 5.52 Å². The number of pyridine rings is 1. The SMILES string of the molecule is Cc1cccc2ccc[nH+]c12.[Li+].[OH-]. The Labute approximate surface area is 89.5 Å². The molecule has 0 unspecified atom stereocenters. The predicted octanol–water partition coefficient (Wildman–Crippen LogP) is -1.21. The van der Waals surface area contributed by atoms with Gasteiger partial charge in [-0.25, -0.2) is 4.98 Å². The van der Waals surface area contributed by atoms with Crippen LogP contribution in [0, 0.1) is 6.92 Å². The maximum Gasteiger partial charge on any atom is 1.00 e. The summed E-state index contributed by atoms with van der Waals surface area (Å²) in [5.41, 5.74) is 2.53. The Kier molecular flexibility index (Phi) is 4.72. The molecule has 0 saturated heterocycles. The summed E-state index contributed by atoms with van der Waals surface area (Å²) in [7, 11) is 0. The molecule has 62 valence electrons. The molecule has 0 aliphatic heterocycles. The second-order valence-corrected chi connectivity index (χ2v) is 2.71. The van der Waals surface area contributed by atoms with Gasteiger partial charge in [0.25, 0.3) is 0 Å². The summed E-state index contributed by atoms with van der Waals surface area (Å²) in [6.45, 7) is 2.11. The van der Waals surface area contributed by atoms with Gasteiger partial charge in [-0.15, -0.1) is 0 Å². The van der Waals surface area contributed by atoms with Crippen LogP contribution >= 0.6 is 0 Å². The minimum absolute atomic E-state index is 0. The van der Waals surface area contributed by atoms with Crippen LogP contribution in [0.3, 0.4) is 0 Å². The molecule has 0 amide bonds. The average Bonchev–Trinajstić information content (AvgIpc) is 2.06. The second-order valence-electron chi connectivity index (χ2n) is 2.71. The first kappa shape index (κ1) is 12.2. The van der Waals surface area contributed by atoms with Gasteiger partial charge in [-0.1, -0.05) is 12.1 Å². The molecule has 1 heterocycles. The number of hydrogen-bond acceptors (Lipinski definition) is 1. The summed E-state index contributed by atoms with van der Waals surface area (Å²) < 4.78 is 0. The number of aryl methyl sites for hydroxylation is 1. The third kappa shape index (κ3) is 2.32. The quantitative estimate of drug-likeness (QED) is 0.455. The van der Waals surface area contributed by atoms with Gasteiger partial charge in [0.15, 0.2) is 6.20 Å². The van der Waals surface area contributed by atoms with E-state index in [1.807, 2.05) is 12.3 Å². The Morgan fingerprint density at radius 3 is 2.46 bits per heavy atom. The summed E-state index contributed by atoms with van der Waals surface area (Å²) in [6.07, 6.45) is 1.95. The van der Waals surface area contributed by atoms with E-state index in [0.29, 0.717) is 0 Å². The van der Waals surface area contributed by atoms with Crippen LogP contribution < -0.4 is 23.8 Å². The van der Waals surface area contributed by atoms with Gasteiger partial charge in [0.1, 0.15) is 0 Å². The number of fused-ring (bicyclic) bond motifs is 1. The molecule has 3 heteroatoms. The van der Waals surface area contributed by atoms with Crippen LogP contribution in [-0.2, 0) is 0 Å². The normalized spacial score (nSPS) is 8.69. The standard InChI is InChI=1S/C10H9N.Li.H2O/c1-8-4-2-5-9-6-3-7-11-10(8)9;;/h2-7H,1H3;;1H2/q;+1;. The van der Waals surface area contributed by atoms with Crippen LogP contribution in [0.15, 0.2) is 36.5 Å². The van der Waals surface area contributed by atoms with Gasteiger partial charge in [-0.05, 0) is 19.1 Å². The Bertz CT molecular complexity index is 384. The van der Waals surface area contributed by atoms with Gasteiger partial charge >= 0.3 is 18.9 Å². The number of hydrogen-bond donors (Lipinski definition) is 0. The molecule has 0 saturated carbocycles. The summed E-state index contributed by atoms with van der Waals surface area (Å²) >= 11 is 0. The molecular formula is C10H11LiNO+. The largest absolute Gasteiger partial charge is 1.00 e. The smallest absolute Gasteiger partial charge is 0.870 e. The molecule has 0 fully saturated rings. The summed E-state index contributed by atoms with van der Waals surface area (Å²) in [4.78, 5) is 3.22. The zero-order valence-corrected chi connectivity index (χ0v) is 7.91. The van der Waals surface area contributed by atoms with E-state index in [0.717, 1.165) is 0 Å². The predicted molar refractivity (Wildman–Crippen MR) is 47.2 cm³/mol. The molecule has 2 aromatic rings. The van der Waals surface area contributed by atoms with E-state index in [9.17, 15) is 0 Å². The van der Waals surface area contributed by atoms with E-state index in [-0.39, 0.29) is 24.3 Å². The fourth-order valence-corrected chi connectivity index (χ4v) is 1.31.